The lowest BCUT2D eigenvalue weighted by Gasteiger charge is -2.19. The van der Waals surface area contributed by atoms with E-state index in [0.29, 0.717) is 18.0 Å². The predicted octanol–water partition coefficient (Wildman–Crippen LogP) is 2.20. The molecule has 0 saturated carbocycles. The molecule has 21 heavy (non-hydrogen) atoms. The number of aromatic nitrogens is 1. The molecule has 1 aromatic carbocycles. The van der Waals surface area contributed by atoms with Gasteiger partial charge in [-0.2, -0.15) is 4.31 Å². The third kappa shape index (κ3) is 3.75. The van der Waals surface area contributed by atoms with Crippen LogP contribution >= 0.6 is 23.1 Å². The molecule has 0 amide bonds. The molecule has 0 aliphatic heterocycles. The summed E-state index contributed by atoms with van der Waals surface area (Å²) in [6.45, 7) is 1.15. The number of thiazole rings is 1. The number of hydrogen-bond donors (Lipinski definition) is 0. The number of sulfonamides is 1. The Labute approximate surface area is 134 Å². The van der Waals surface area contributed by atoms with Crippen molar-refractivity contribution in [1.82, 2.24) is 14.2 Å². The van der Waals surface area contributed by atoms with E-state index < -0.39 is 10.0 Å². The molecule has 0 N–H and O–H groups in total. The van der Waals surface area contributed by atoms with Gasteiger partial charge in [-0.3, -0.25) is 0 Å². The second kappa shape index (κ2) is 6.62. The molecule has 0 fully saturated rings. The van der Waals surface area contributed by atoms with Gasteiger partial charge < -0.3 is 4.90 Å². The molecular weight excluding hydrogens is 326 g/mol. The van der Waals surface area contributed by atoms with Crippen molar-refractivity contribution in [3.63, 3.8) is 0 Å². The van der Waals surface area contributed by atoms with Crippen LogP contribution in [0.1, 0.15) is 0 Å². The molecule has 0 bridgehead atoms. The van der Waals surface area contributed by atoms with E-state index in [4.69, 9.17) is 0 Å². The second-order valence-corrected chi connectivity index (χ2v) is 9.07. The van der Waals surface area contributed by atoms with Crippen LogP contribution in [0.2, 0.25) is 0 Å². The van der Waals surface area contributed by atoms with E-state index >= 15 is 0 Å². The van der Waals surface area contributed by atoms with Gasteiger partial charge in [0.05, 0.1) is 15.1 Å². The number of fused-ring (bicyclic) bond motifs is 1. The number of thioether (sulfide) groups is 1. The summed E-state index contributed by atoms with van der Waals surface area (Å²) in [6, 6.07) is 5.13. The second-order valence-electron chi connectivity index (χ2n) is 4.94. The van der Waals surface area contributed by atoms with Crippen LogP contribution in [0.5, 0.6) is 0 Å². The SMILES string of the molecule is CSc1nc2ccc(S(=O)(=O)N(C)CCN(C)C)cc2s1. The van der Waals surface area contributed by atoms with Crippen molar-refractivity contribution in [2.24, 2.45) is 0 Å². The van der Waals surface area contributed by atoms with Gasteiger partial charge in [0.15, 0.2) is 4.34 Å². The number of nitrogens with zero attached hydrogens (tertiary/aromatic N) is 3. The summed E-state index contributed by atoms with van der Waals surface area (Å²) < 4.78 is 28.3. The highest BCUT2D eigenvalue weighted by Gasteiger charge is 2.21. The van der Waals surface area contributed by atoms with E-state index in [2.05, 4.69) is 4.98 Å². The van der Waals surface area contributed by atoms with Crippen LogP contribution in [-0.4, -0.2) is 63.1 Å². The molecule has 2 rings (SSSR count). The Morgan fingerprint density at radius 1 is 1.24 bits per heavy atom. The number of likely N-dealkylation sites (N-methyl/N-ethyl adjacent to an activating group) is 2. The Bertz CT molecular complexity index is 725. The highest BCUT2D eigenvalue weighted by Crippen LogP contribution is 2.30. The van der Waals surface area contributed by atoms with Gasteiger partial charge in [0.25, 0.3) is 0 Å². The number of benzene rings is 1. The van der Waals surface area contributed by atoms with E-state index in [0.717, 1.165) is 14.6 Å². The van der Waals surface area contributed by atoms with Crippen LogP contribution in [0.4, 0.5) is 0 Å². The lowest BCUT2D eigenvalue weighted by atomic mass is 10.3. The topological polar surface area (TPSA) is 53.5 Å². The first kappa shape index (κ1) is 16.7. The first-order valence-electron chi connectivity index (χ1n) is 6.40. The summed E-state index contributed by atoms with van der Waals surface area (Å²) in [4.78, 5) is 6.71. The quantitative estimate of drug-likeness (QED) is 0.751. The van der Waals surface area contributed by atoms with Gasteiger partial charge in [0.1, 0.15) is 0 Å². The molecule has 8 heteroatoms. The molecule has 2 aromatic rings. The molecule has 0 saturated heterocycles. The molecule has 5 nitrogen and oxygen atoms in total. The van der Waals surface area contributed by atoms with E-state index in [1.165, 1.54) is 15.6 Å². The van der Waals surface area contributed by atoms with E-state index in [1.807, 2.05) is 25.3 Å². The Kier molecular flexibility index (Phi) is 5.26. The van der Waals surface area contributed by atoms with Gasteiger partial charge in [0.2, 0.25) is 10.0 Å². The summed E-state index contributed by atoms with van der Waals surface area (Å²) >= 11 is 3.09. The summed E-state index contributed by atoms with van der Waals surface area (Å²) in [6.07, 6.45) is 1.96. The largest absolute Gasteiger partial charge is 0.308 e. The molecule has 0 aliphatic carbocycles. The van der Waals surface area contributed by atoms with Crippen LogP contribution in [0.15, 0.2) is 27.4 Å². The first-order valence-corrected chi connectivity index (χ1v) is 9.88. The molecule has 1 aromatic heterocycles. The maximum absolute atomic E-state index is 12.6. The van der Waals surface area contributed by atoms with Crippen molar-refractivity contribution >= 4 is 43.3 Å². The summed E-state index contributed by atoms with van der Waals surface area (Å²) in [5, 5.41) is 0. The Morgan fingerprint density at radius 2 is 1.95 bits per heavy atom. The molecule has 0 radical (unpaired) electrons. The molecule has 0 aliphatic rings. The van der Waals surface area contributed by atoms with Gasteiger partial charge in [-0.25, -0.2) is 13.4 Å². The van der Waals surface area contributed by atoms with E-state index in [9.17, 15) is 8.42 Å². The van der Waals surface area contributed by atoms with Crippen LogP contribution in [0, 0.1) is 0 Å². The van der Waals surface area contributed by atoms with Gasteiger partial charge >= 0.3 is 0 Å². The average Bonchev–Trinajstić information content (AvgIpc) is 2.86. The third-order valence-electron chi connectivity index (χ3n) is 3.09. The van der Waals surface area contributed by atoms with Gasteiger partial charge in [0, 0.05) is 20.1 Å². The van der Waals surface area contributed by atoms with Crippen LogP contribution in [-0.2, 0) is 10.0 Å². The standard InChI is InChI=1S/C13H19N3O2S3/c1-15(2)7-8-16(3)21(17,18)10-5-6-11-12(9-10)20-13(14-11)19-4/h5-6,9H,7-8H2,1-4H3. The van der Waals surface area contributed by atoms with E-state index in [-0.39, 0.29) is 0 Å². The minimum Gasteiger partial charge on any atom is -0.308 e. The summed E-state index contributed by atoms with van der Waals surface area (Å²) in [7, 11) is 2.02. The average molecular weight is 346 g/mol. The predicted molar refractivity (Wildman–Crippen MR) is 89.8 cm³/mol. The zero-order valence-corrected chi connectivity index (χ0v) is 15.0. The van der Waals surface area contributed by atoms with Crippen LogP contribution in [0.3, 0.4) is 0 Å². The van der Waals surface area contributed by atoms with Crippen molar-refractivity contribution in [3.05, 3.63) is 18.2 Å². The summed E-state index contributed by atoms with van der Waals surface area (Å²) in [5.41, 5.74) is 0.847. The monoisotopic (exact) mass is 345 g/mol. The van der Waals surface area contributed by atoms with Gasteiger partial charge in [-0.05, 0) is 38.6 Å². The minimum atomic E-state index is -3.44. The summed E-state index contributed by atoms with van der Waals surface area (Å²) in [5.74, 6) is 0. The Morgan fingerprint density at radius 3 is 2.57 bits per heavy atom. The van der Waals surface area contributed by atoms with Gasteiger partial charge in [-0.15, -0.1) is 11.3 Å². The van der Waals surface area contributed by atoms with Crippen molar-refractivity contribution in [2.45, 2.75) is 9.24 Å². The van der Waals surface area contributed by atoms with E-state index in [1.54, 1.807) is 37.0 Å². The lowest BCUT2D eigenvalue weighted by molar-refractivity contribution is 0.358. The Balaban J connectivity index is 2.30. The fourth-order valence-electron chi connectivity index (χ4n) is 1.77. The highest BCUT2D eigenvalue weighted by atomic mass is 32.2. The van der Waals surface area contributed by atoms with Crippen molar-refractivity contribution in [3.8, 4) is 0 Å². The minimum absolute atomic E-state index is 0.326. The Hall–Kier alpha value is -0.670. The highest BCUT2D eigenvalue weighted by molar-refractivity contribution is 8.00. The maximum atomic E-state index is 12.6. The van der Waals surface area contributed by atoms with Gasteiger partial charge in [-0.1, -0.05) is 11.8 Å². The lowest BCUT2D eigenvalue weighted by Crippen LogP contribution is -2.33. The van der Waals surface area contributed by atoms with Crippen molar-refractivity contribution in [2.75, 3.05) is 40.5 Å². The van der Waals surface area contributed by atoms with Crippen LogP contribution < -0.4 is 0 Å². The zero-order chi connectivity index (χ0) is 15.6. The molecular formula is C13H19N3O2S3. The third-order valence-corrected chi connectivity index (χ3v) is 6.94. The molecule has 0 spiro atoms. The molecule has 0 unspecified atom stereocenters. The fourth-order valence-corrected chi connectivity index (χ4v) is 4.56. The molecule has 1 heterocycles. The fraction of sp³-hybridized carbons (Fsp3) is 0.462. The maximum Gasteiger partial charge on any atom is 0.242 e. The van der Waals surface area contributed by atoms with Crippen molar-refractivity contribution < 1.29 is 8.42 Å². The van der Waals surface area contributed by atoms with Crippen molar-refractivity contribution in [1.29, 1.82) is 0 Å². The smallest absolute Gasteiger partial charge is 0.242 e. The molecule has 0 atom stereocenters. The number of hydrogen-bond acceptors (Lipinski definition) is 6. The zero-order valence-electron chi connectivity index (χ0n) is 12.5. The number of rotatable bonds is 6. The first-order chi connectivity index (χ1) is 9.84. The molecule has 116 valence electrons. The van der Waals surface area contributed by atoms with Crippen LogP contribution in [0.25, 0.3) is 10.2 Å². The normalized spacial score (nSPS) is 12.7.